The Labute approximate surface area is 75.2 Å². The Morgan fingerprint density at radius 1 is 1.33 bits per heavy atom. The molecule has 1 aromatic rings. The maximum absolute atomic E-state index is 5.91. The van der Waals surface area contributed by atoms with Crippen molar-refractivity contribution in [3.8, 4) is 11.5 Å². The minimum Gasteiger partial charge on any atom is -0.454 e. The zero-order valence-corrected chi connectivity index (χ0v) is 7.31. The Bertz CT molecular complexity index is 313. The summed E-state index contributed by atoms with van der Waals surface area (Å²) in [7, 11) is 1.81. The molecular formula is C8H8ClNO2. The normalized spacial score (nSPS) is 13.2. The zero-order chi connectivity index (χ0) is 8.55. The molecule has 4 heteroatoms. The summed E-state index contributed by atoms with van der Waals surface area (Å²) in [5.41, 5.74) is 0.848. The number of hydrogen-bond donors (Lipinski definition) is 1. The molecule has 0 amide bonds. The molecule has 1 N–H and O–H groups in total. The smallest absolute Gasteiger partial charge is 0.231 e. The highest BCUT2D eigenvalue weighted by molar-refractivity contribution is 6.33. The van der Waals surface area contributed by atoms with Gasteiger partial charge in [-0.05, 0) is 0 Å². The fourth-order valence-electron chi connectivity index (χ4n) is 1.11. The number of halogens is 1. The van der Waals surface area contributed by atoms with Gasteiger partial charge in [0.2, 0.25) is 6.79 Å². The van der Waals surface area contributed by atoms with Crippen LogP contribution in [0.15, 0.2) is 12.1 Å². The van der Waals surface area contributed by atoms with Gasteiger partial charge in [-0.3, -0.25) is 0 Å². The molecular weight excluding hydrogens is 178 g/mol. The van der Waals surface area contributed by atoms with Crippen molar-refractivity contribution in [3.05, 3.63) is 17.2 Å². The van der Waals surface area contributed by atoms with Crippen molar-refractivity contribution in [2.45, 2.75) is 0 Å². The summed E-state index contributed by atoms with van der Waals surface area (Å²) < 4.78 is 10.3. The predicted molar refractivity (Wildman–Crippen MR) is 47.1 cm³/mol. The van der Waals surface area contributed by atoms with E-state index in [0.29, 0.717) is 10.8 Å². The summed E-state index contributed by atoms with van der Waals surface area (Å²) in [6.07, 6.45) is 0. The van der Waals surface area contributed by atoms with Crippen LogP contribution in [0.4, 0.5) is 5.69 Å². The molecule has 1 aromatic carbocycles. The Morgan fingerprint density at radius 2 is 2.00 bits per heavy atom. The zero-order valence-electron chi connectivity index (χ0n) is 6.56. The average molecular weight is 186 g/mol. The first-order valence-corrected chi connectivity index (χ1v) is 3.96. The van der Waals surface area contributed by atoms with E-state index in [1.165, 1.54) is 0 Å². The van der Waals surface area contributed by atoms with E-state index in [4.69, 9.17) is 21.1 Å². The Kier molecular flexibility index (Phi) is 1.73. The summed E-state index contributed by atoms with van der Waals surface area (Å²) in [5.74, 6) is 1.45. The van der Waals surface area contributed by atoms with Crippen LogP contribution in [0.1, 0.15) is 0 Å². The molecule has 1 heterocycles. The van der Waals surface area contributed by atoms with Crippen LogP contribution >= 0.6 is 11.6 Å². The van der Waals surface area contributed by atoms with Crippen LogP contribution < -0.4 is 14.8 Å². The Balaban J connectivity index is 2.49. The number of fused-ring (bicyclic) bond motifs is 1. The standard InChI is InChI=1S/C8H8ClNO2/c1-10-6-3-8-7(2-5(6)9)11-4-12-8/h2-3,10H,4H2,1H3. The molecule has 0 radical (unpaired) electrons. The fraction of sp³-hybridized carbons (Fsp3) is 0.250. The molecule has 0 saturated carbocycles. The van der Waals surface area contributed by atoms with Gasteiger partial charge in [0.1, 0.15) is 0 Å². The lowest BCUT2D eigenvalue weighted by atomic mass is 10.3. The fourth-order valence-corrected chi connectivity index (χ4v) is 1.36. The van der Waals surface area contributed by atoms with E-state index >= 15 is 0 Å². The lowest BCUT2D eigenvalue weighted by Crippen LogP contribution is -1.93. The van der Waals surface area contributed by atoms with Crippen LogP contribution in [0.5, 0.6) is 11.5 Å². The molecule has 1 aliphatic heterocycles. The van der Waals surface area contributed by atoms with Crippen LogP contribution in [0.2, 0.25) is 5.02 Å². The number of rotatable bonds is 1. The summed E-state index contributed by atoms with van der Waals surface area (Å²) in [6, 6.07) is 3.57. The lowest BCUT2D eigenvalue weighted by molar-refractivity contribution is 0.174. The van der Waals surface area contributed by atoms with Gasteiger partial charge in [-0.2, -0.15) is 0 Å². The van der Waals surface area contributed by atoms with E-state index in [-0.39, 0.29) is 6.79 Å². The van der Waals surface area contributed by atoms with E-state index in [9.17, 15) is 0 Å². The second kappa shape index (κ2) is 2.75. The van der Waals surface area contributed by atoms with Crippen molar-refractivity contribution in [1.29, 1.82) is 0 Å². The molecule has 3 nitrogen and oxygen atoms in total. The van der Waals surface area contributed by atoms with Crippen LogP contribution in [-0.2, 0) is 0 Å². The second-order valence-electron chi connectivity index (χ2n) is 2.44. The quantitative estimate of drug-likeness (QED) is 0.727. The Hall–Kier alpha value is -1.09. The van der Waals surface area contributed by atoms with E-state index in [1.807, 2.05) is 13.1 Å². The summed E-state index contributed by atoms with van der Waals surface area (Å²) >= 11 is 5.91. The van der Waals surface area contributed by atoms with Crippen LogP contribution in [0, 0.1) is 0 Å². The van der Waals surface area contributed by atoms with Crippen molar-refractivity contribution in [1.82, 2.24) is 0 Å². The van der Waals surface area contributed by atoms with Crippen LogP contribution in [0.3, 0.4) is 0 Å². The van der Waals surface area contributed by atoms with E-state index < -0.39 is 0 Å². The van der Waals surface area contributed by atoms with Gasteiger partial charge >= 0.3 is 0 Å². The first kappa shape index (κ1) is 7.55. The third kappa shape index (κ3) is 1.06. The maximum atomic E-state index is 5.91. The molecule has 0 aromatic heterocycles. The van der Waals surface area contributed by atoms with Crippen LogP contribution in [0.25, 0.3) is 0 Å². The SMILES string of the molecule is CNc1cc2c(cc1Cl)OCO2. The predicted octanol–water partition coefficient (Wildman–Crippen LogP) is 2.11. The monoisotopic (exact) mass is 185 g/mol. The first-order valence-electron chi connectivity index (χ1n) is 3.58. The number of anilines is 1. The number of hydrogen-bond acceptors (Lipinski definition) is 3. The van der Waals surface area contributed by atoms with Crippen molar-refractivity contribution in [3.63, 3.8) is 0 Å². The third-order valence-corrected chi connectivity index (χ3v) is 2.04. The highest BCUT2D eigenvalue weighted by Crippen LogP contribution is 2.38. The number of benzene rings is 1. The van der Waals surface area contributed by atoms with Gasteiger partial charge in [-0.25, -0.2) is 0 Å². The van der Waals surface area contributed by atoms with E-state index in [0.717, 1.165) is 11.4 Å². The number of nitrogens with one attached hydrogen (secondary N) is 1. The van der Waals surface area contributed by atoms with Crippen LogP contribution in [-0.4, -0.2) is 13.8 Å². The van der Waals surface area contributed by atoms with Crippen molar-refractivity contribution in [2.24, 2.45) is 0 Å². The van der Waals surface area contributed by atoms with Gasteiger partial charge in [0.05, 0.1) is 10.7 Å². The summed E-state index contributed by atoms with van der Waals surface area (Å²) in [6.45, 7) is 0.277. The van der Waals surface area contributed by atoms with Gasteiger partial charge in [-0.1, -0.05) is 11.6 Å². The molecule has 12 heavy (non-hydrogen) atoms. The first-order chi connectivity index (χ1) is 5.81. The average Bonchev–Trinajstić information content (AvgIpc) is 2.49. The largest absolute Gasteiger partial charge is 0.454 e. The molecule has 0 aliphatic carbocycles. The van der Waals surface area contributed by atoms with Crippen molar-refractivity contribution < 1.29 is 9.47 Å². The maximum Gasteiger partial charge on any atom is 0.231 e. The highest BCUT2D eigenvalue weighted by Gasteiger charge is 2.15. The van der Waals surface area contributed by atoms with Crippen molar-refractivity contribution >= 4 is 17.3 Å². The molecule has 0 bridgehead atoms. The second-order valence-corrected chi connectivity index (χ2v) is 2.84. The van der Waals surface area contributed by atoms with Gasteiger partial charge in [-0.15, -0.1) is 0 Å². The highest BCUT2D eigenvalue weighted by atomic mass is 35.5. The van der Waals surface area contributed by atoms with E-state index in [1.54, 1.807) is 6.07 Å². The molecule has 2 rings (SSSR count). The van der Waals surface area contributed by atoms with E-state index in [2.05, 4.69) is 5.32 Å². The molecule has 0 saturated heterocycles. The van der Waals surface area contributed by atoms with Gasteiger partial charge in [0.15, 0.2) is 11.5 Å². The summed E-state index contributed by atoms with van der Waals surface area (Å²) in [5, 5.41) is 3.60. The lowest BCUT2D eigenvalue weighted by Gasteiger charge is -2.03. The molecule has 1 aliphatic rings. The Morgan fingerprint density at radius 3 is 2.67 bits per heavy atom. The molecule has 64 valence electrons. The van der Waals surface area contributed by atoms with Crippen molar-refractivity contribution in [2.75, 3.05) is 19.2 Å². The van der Waals surface area contributed by atoms with Gasteiger partial charge in [0.25, 0.3) is 0 Å². The molecule has 0 spiro atoms. The third-order valence-electron chi connectivity index (χ3n) is 1.73. The minimum absolute atomic E-state index is 0.277. The molecule has 0 unspecified atom stereocenters. The molecule has 0 atom stereocenters. The molecule has 0 fully saturated rings. The topological polar surface area (TPSA) is 30.5 Å². The van der Waals surface area contributed by atoms with Gasteiger partial charge < -0.3 is 14.8 Å². The minimum atomic E-state index is 0.277. The van der Waals surface area contributed by atoms with Gasteiger partial charge in [0, 0.05) is 19.2 Å². The summed E-state index contributed by atoms with van der Waals surface area (Å²) in [4.78, 5) is 0. The number of ether oxygens (including phenoxy) is 2.